The fourth-order valence-corrected chi connectivity index (χ4v) is 3.61. The van der Waals surface area contributed by atoms with Crippen molar-refractivity contribution >= 4 is 0 Å². The topological polar surface area (TPSA) is 15.3 Å². The van der Waals surface area contributed by atoms with Crippen LogP contribution in [0.1, 0.15) is 37.4 Å². The molecule has 1 N–H and O–H groups in total. The summed E-state index contributed by atoms with van der Waals surface area (Å²) in [7, 11) is 2.22. The molecule has 0 radical (unpaired) electrons. The summed E-state index contributed by atoms with van der Waals surface area (Å²) < 4.78 is 0. The molecule has 1 aromatic rings. The van der Waals surface area contributed by atoms with Crippen LogP contribution in [0.2, 0.25) is 0 Å². The van der Waals surface area contributed by atoms with Crippen molar-refractivity contribution < 1.29 is 0 Å². The molecule has 1 aromatic carbocycles. The third-order valence-electron chi connectivity index (χ3n) is 4.59. The standard InChI is InChI=1S/C16H24N2/c1-16(2)10-12-6-4-5-7-14(12)15(16)17-13-8-9-18(3)11-13/h4-7,13,15,17H,8-11H2,1-3H3. The lowest BCUT2D eigenvalue weighted by atomic mass is 9.85. The minimum absolute atomic E-state index is 0.338. The minimum Gasteiger partial charge on any atom is -0.305 e. The highest BCUT2D eigenvalue weighted by Gasteiger charge is 2.40. The molecule has 1 fully saturated rings. The van der Waals surface area contributed by atoms with Crippen molar-refractivity contribution in [3.63, 3.8) is 0 Å². The predicted octanol–water partition coefficient (Wildman–Crippen LogP) is 2.60. The number of likely N-dealkylation sites (tertiary alicyclic amines) is 1. The smallest absolute Gasteiger partial charge is 0.0380 e. The zero-order valence-electron chi connectivity index (χ0n) is 11.7. The Balaban J connectivity index is 1.81. The molecule has 1 saturated heterocycles. The third kappa shape index (κ3) is 2.08. The zero-order valence-corrected chi connectivity index (χ0v) is 11.7. The molecule has 2 unspecified atom stereocenters. The second kappa shape index (κ2) is 4.36. The van der Waals surface area contributed by atoms with Gasteiger partial charge in [-0.25, -0.2) is 0 Å². The van der Waals surface area contributed by atoms with Gasteiger partial charge in [-0.1, -0.05) is 38.1 Å². The second-order valence-electron chi connectivity index (χ2n) is 6.71. The van der Waals surface area contributed by atoms with Gasteiger partial charge in [-0.3, -0.25) is 0 Å². The molecule has 3 rings (SSSR count). The Morgan fingerprint density at radius 1 is 1.28 bits per heavy atom. The molecule has 2 nitrogen and oxygen atoms in total. The van der Waals surface area contributed by atoms with Crippen LogP contribution in [0.15, 0.2) is 24.3 Å². The van der Waals surface area contributed by atoms with Crippen molar-refractivity contribution in [1.82, 2.24) is 10.2 Å². The SMILES string of the molecule is CN1CCC(NC2c3ccccc3CC2(C)C)C1. The van der Waals surface area contributed by atoms with Crippen molar-refractivity contribution in [1.29, 1.82) is 0 Å². The number of fused-ring (bicyclic) bond motifs is 1. The van der Waals surface area contributed by atoms with Gasteiger partial charge in [0.15, 0.2) is 0 Å². The number of benzene rings is 1. The Morgan fingerprint density at radius 3 is 2.78 bits per heavy atom. The summed E-state index contributed by atoms with van der Waals surface area (Å²) in [4.78, 5) is 2.42. The molecular weight excluding hydrogens is 220 g/mol. The maximum atomic E-state index is 3.91. The van der Waals surface area contributed by atoms with Gasteiger partial charge in [0.25, 0.3) is 0 Å². The highest BCUT2D eigenvalue weighted by atomic mass is 15.2. The average Bonchev–Trinajstić information content (AvgIpc) is 2.82. The Bertz CT molecular complexity index is 438. The van der Waals surface area contributed by atoms with E-state index in [0.29, 0.717) is 17.5 Å². The van der Waals surface area contributed by atoms with E-state index in [1.165, 1.54) is 37.1 Å². The first-order chi connectivity index (χ1) is 8.56. The van der Waals surface area contributed by atoms with Gasteiger partial charge in [0, 0.05) is 18.6 Å². The molecule has 2 heteroatoms. The van der Waals surface area contributed by atoms with Gasteiger partial charge < -0.3 is 10.2 Å². The number of hydrogen-bond acceptors (Lipinski definition) is 2. The summed E-state index contributed by atoms with van der Waals surface area (Å²) in [5.41, 5.74) is 3.40. The number of hydrogen-bond donors (Lipinski definition) is 1. The van der Waals surface area contributed by atoms with E-state index in [9.17, 15) is 0 Å². The van der Waals surface area contributed by atoms with E-state index >= 15 is 0 Å². The lowest BCUT2D eigenvalue weighted by Gasteiger charge is -2.31. The first kappa shape index (κ1) is 12.2. The predicted molar refractivity (Wildman–Crippen MR) is 75.7 cm³/mol. The van der Waals surface area contributed by atoms with Crippen LogP contribution in [0.3, 0.4) is 0 Å². The van der Waals surface area contributed by atoms with Crippen LogP contribution >= 0.6 is 0 Å². The van der Waals surface area contributed by atoms with E-state index < -0.39 is 0 Å². The van der Waals surface area contributed by atoms with Crippen molar-refractivity contribution in [3.05, 3.63) is 35.4 Å². The largest absolute Gasteiger partial charge is 0.305 e. The van der Waals surface area contributed by atoms with Crippen LogP contribution < -0.4 is 5.32 Å². The van der Waals surface area contributed by atoms with E-state index in [0.717, 1.165) is 0 Å². The molecule has 0 spiro atoms. The first-order valence-electron chi connectivity index (χ1n) is 7.09. The molecule has 0 aromatic heterocycles. The minimum atomic E-state index is 0.338. The molecule has 1 heterocycles. The van der Waals surface area contributed by atoms with Crippen LogP contribution in [0.4, 0.5) is 0 Å². The van der Waals surface area contributed by atoms with Crippen LogP contribution in [-0.4, -0.2) is 31.1 Å². The number of likely N-dealkylation sites (N-methyl/N-ethyl adjacent to an activating group) is 1. The lowest BCUT2D eigenvalue weighted by Crippen LogP contribution is -2.39. The Labute approximate surface area is 110 Å². The van der Waals surface area contributed by atoms with Crippen LogP contribution in [-0.2, 0) is 6.42 Å². The first-order valence-corrected chi connectivity index (χ1v) is 7.09. The molecular formula is C16H24N2. The van der Waals surface area contributed by atoms with Gasteiger partial charge in [-0.05, 0) is 43.0 Å². The molecule has 1 aliphatic carbocycles. The molecule has 98 valence electrons. The van der Waals surface area contributed by atoms with Gasteiger partial charge in [0.1, 0.15) is 0 Å². The normalized spacial score (nSPS) is 30.6. The molecule has 2 atom stereocenters. The zero-order chi connectivity index (χ0) is 12.8. The summed E-state index contributed by atoms with van der Waals surface area (Å²) in [6.07, 6.45) is 2.48. The van der Waals surface area contributed by atoms with Gasteiger partial charge >= 0.3 is 0 Å². The summed E-state index contributed by atoms with van der Waals surface area (Å²) in [5.74, 6) is 0. The fourth-order valence-electron chi connectivity index (χ4n) is 3.61. The molecule has 0 saturated carbocycles. The van der Waals surface area contributed by atoms with Gasteiger partial charge in [0.2, 0.25) is 0 Å². The molecule has 2 aliphatic rings. The van der Waals surface area contributed by atoms with Crippen molar-refractivity contribution in [2.24, 2.45) is 5.41 Å². The third-order valence-corrected chi connectivity index (χ3v) is 4.59. The van der Waals surface area contributed by atoms with E-state index in [1.807, 2.05) is 0 Å². The van der Waals surface area contributed by atoms with Crippen LogP contribution in [0.5, 0.6) is 0 Å². The molecule has 0 bridgehead atoms. The van der Waals surface area contributed by atoms with Crippen molar-refractivity contribution in [3.8, 4) is 0 Å². The quantitative estimate of drug-likeness (QED) is 0.860. The van der Waals surface area contributed by atoms with Crippen LogP contribution in [0.25, 0.3) is 0 Å². The summed E-state index contributed by atoms with van der Waals surface area (Å²) >= 11 is 0. The van der Waals surface area contributed by atoms with Gasteiger partial charge in [-0.2, -0.15) is 0 Å². The maximum absolute atomic E-state index is 3.91. The highest BCUT2D eigenvalue weighted by molar-refractivity contribution is 5.37. The highest BCUT2D eigenvalue weighted by Crippen LogP contribution is 2.45. The van der Waals surface area contributed by atoms with E-state index in [-0.39, 0.29) is 0 Å². The second-order valence-corrected chi connectivity index (χ2v) is 6.71. The number of rotatable bonds is 2. The molecule has 1 aliphatic heterocycles. The van der Waals surface area contributed by atoms with E-state index in [2.05, 4.69) is 55.4 Å². The molecule has 0 amide bonds. The number of nitrogens with zero attached hydrogens (tertiary/aromatic N) is 1. The van der Waals surface area contributed by atoms with Crippen molar-refractivity contribution in [2.45, 2.75) is 38.8 Å². The summed E-state index contributed by atoms with van der Waals surface area (Å²) in [6, 6.07) is 10.1. The fraction of sp³-hybridized carbons (Fsp3) is 0.625. The van der Waals surface area contributed by atoms with E-state index in [1.54, 1.807) is 0 Å². The Hall–Kier alpha value is -0.860. The molecule has 18 heavy (non-hydrogen) atoms. The number of nitrogens with one attached hydrogen (secondary N) is 1. The maximum Gasteiger partial charge on any atom is 0.0380 e. The Kier molecular flexibility index (Phi) is 2.95. The van der Waals surface area contributed by atoms with Gasteiger partial charge in [-0.15, -0.1) is 0 Å². The van der Waals surface area contributed by atoms with Crippen LogP contribution in [0, 0.1) is 5.41 Å². The van der Waals surface area contributed by atoms with Crippen molar-refractivity contribution in [2.75, 3.05) is 20.1 Å². The lowest BCUT2D eigenvalue weighted by molar-refractivity contribution is 0.246. The Morgan fingerprint density at radius 2 is 2.06 bits per heavy atom. The van der Waals surface area contributed by atoms with E-state index in [4.69, 9.17) is 0 Å². The average molecular weight is 244 g/mol. The summed E-state index contributed by atoms with van der Waals surface area (Å²) in [5, 5.41) is 3.91. The van der Waals surface area contributed by atoms with Gasteiger partial charge in [0.05, 0.1) is 0 Å². The monoisotopic (exact) mass is 244 g/mol. The summed E-state index contributed by atoms with van der Waals surface area (Å²) in [6.45, 7) is 7.20.